The summed E-state index contributed by atoms with van der Waals surface area (Å²) in [6, 6.07) is 3.92. The first-order chi connectivity index (χ1) is 7.68. The Balaban J connectivity index is 2.16. The van der Waals surface area contributed by atoms with Crippen LogP contribution in [0.25, 0.3) is 0 Å². The molecule has 1 aliphatic heterocycles. The van der Waals surface area contributed by atoms with Crippen molar-refractivity contribution in [3.63, 3.8) is 0 Å². The molecule has 1 aromatic heterocycles. The van der Waals surface area contributed by atoms with E-state index in [9.17, 15) is 4.79 Å². The van der Waals surface area contributed by atoms with Crippen molar-refractivity contribution in [1.82, 2.24) is 4.98 Å². The van der Waals surface area contributed by atoms with Gasteiger partial charge in [-0.3, -0.25) is 0 Å². The van der Waals surface area contributed by atoms with Gasteiger partial charge in [0.15, 0.2) is 0 Å². The highest BCUT2D eigenvalue weighted by molar-refractivity contribution is 5.87. The Kier molecular flexibility index (Phi) is 2.90. The Morgan fingerprint density at radius 3 is 2.94 bits per heavy atom. The molecular formula is C12H14N2O2. The number of aryl methyl sites for hydroxylation is 1. The lowest BCUT2D eigenvalue weighted by molar-refractivity contribution is -0.132. The first-order valence-corrected chi connectivity index (χ1v) is 5.27. The van der Waals surface area contributed by atoms with E-state index >= 15 is 0 Å². The summed E-state index contributed by atoms with van der Waals surface area (Å²) >= 11 is 0. The Hall–Kier alpha value is -1.84. The molecule has 1 aromatic rings. The van der Waals surface area contributed by atoms with Crippen LogP contribution < -0.4 is 4.90 Å². The fourth-order valence-electron chi connectivity index (χ4n) is 1.86. The van der Waals surface area contributed by atoms with Crippen molar-refractivity contribution in [1.29, 1.82) is 0 Å². The second-order valence-corrected chi connectivity index (χ2v) is 3.87. The van der Waals surface area contributed by atoms with Crippen LogP contribution in [0, 0.1) is 6.92 Å². The smallest absolute Gasteiger partial charge is 0.331 e. The minimum absolute atomic E-state index is 0.504. The van der Waals surface area contributed by atoms with Gasteiger partial charge in [-0.25, -0.2) is 9.78 Å². The Morgan fingerprint density at radius 2 is 2.38 bits per heavy atom. The monoisotopic (exact) mass is 218 g/mol. The Labute approximate surface area is 94.2 Å². The lowest BCUT2D eigenvalue weighted by atomic mass is 10.1. The highest BCUT2D eigenvalue weighted by Gasteiger charge is 2.17. The van der Waals surface area contributed by atoms with E-state index in [2.05, 4.69) is 9.88 Å². The normalized spacial score (nSPS) is 15.8. The molecule has 2 rings (SSSR count). The molecule has 0 aromatic carbocycles. The molecular weight excluding hydrogens is 204 g/mol. The second kappa shape index (κ2) is 4.35. The molecule has 2 heterocycles. The predicted octanol–water partition coefficient (Wildman–Crippen LogP) is 1.61. The summed E-state index contributed by atoms with van der Waals surface area (Å²) < 4.78 is 0. The SMILES string of the molecule is Cc1cccnc1N1CC=C(C(=O)O)CC1. The molecule has 1 N–H and O–H groups in total. The van der Waals surface area contributed by atoms with E-state index in [1.165, 1.54) is 0 Å². The summed E-state index contributed by atoms with van der Waals surface area (Å²) in [5.74, 6) is 0.139. The molecule has 16 heavy (non-hydrogen) atoms. The van der Waals surface area contributed by atoms with Crippen LogP contribution >= 0.6 is 0 Å². The van der Waals surface area contributed by atoms with Crippen LogP contribution in [0.15, 0.2) is 30.0 Å². The van der Waals surface area contributed by atoms with Crippen LogP contribution in [-0.2, 0) is 4.79 Å². The van der Waals surface area contributed by atoms with Crippen molar-refractivity contribution >= 4 is 11.8 Å². The molecule has 1 aliphatic rings. The third-order valence-electron chi connectivity index (χ3n) is 2.77. The molecule has 0 spiro atoms. The predicted molar refractivity (Wildman–Crippen MR) is 61.5 cm³/mol. The third-order valence-corrected chi connectivity index (χ3v) is 2.77. The number of nitrogens with zero attached hydrogens (tertiary/aromatic N) is 2. The Morgan fingerprint density at radius 1 is 1.56 bits per heavy atom. The molecule has 0 amide bonds. The summed E-state index contributed by atoms with van der Waals surface area (Å²) in [7, 11) is 0. The van der Waals surface area contributed by atoms with E-state index in [0.717, 1.165) is 17.9 Å². The highest BCUT2D eigenvalue weighted by Crippen LogP contribution is 2.20. The average molecular weight is 218 g/mol. The van der Waals surface area contributed by atoms with Crippen molar-refractivity contribution < 1.29 is 9.90 Å². The van der Waals surface area contributed by atoms with Crippen LogP contribution in [0.2, 0.25) is 0 Å². The van der Waals surface area contributed by atoms with Gasteiger partial charge in [0.2, 0.25) is 0 Å². The molecule has 4 nitrogen and oxygen atoms in total. The number of hydrogen-bond donors (Lipinski definition) is 1. The van der Waals surface area contributed by atoms with Crippen molar-refractivity contribution in [3.05, 3.63) is 35.5 Å². The van der Waals surface area contributed by atoms with Crippen LogP contribution in [0.3, 0.4) is 0 Å². The molecule has 4 heteroatoms. The van der Waals surface area contributed by atoms with E-state index in [1.807, 2.05) is 19.1 Å². The van der Waals surface area contributed by atoms with Gasteiger partial charge in [-0.2, -0.15) is 0 Å². The molecule has 0 bridgehead atoms. The zero-order valence-corrected chi connectivity index (χ0v) is 9.18. The summed E-state index contributed by atoms with van der Waals surface area (Å²) in [6.45, 7) is 3.36. The van der Waals surface area contributed by atoms with E-state index in [4.69, 9.17) is 5.11 Å². The maximum atomic E-state index is 10.8. The van der Waals surface area contributed by atoms with Gasteiger partial charge < -0.3 is 10.0 Å². The number of aliphatic carboxylic acids is 1. The van der Waals surface area contributed by atoms with Crippen molar-refractivity contribution in [3.8, 4) is 0 Å². The van der Waals surface area contributed by atoms with E-state index in [0.29, 0.717) is 18.5 Å². The quantitative estimate of drug-likeness (QED) is 0.819. The third kappa shape index (κ3) is 2.05. The van der Waals surface area contributed by atoms with Gasteiger partial charge in [-0.1, -0.05) is 12.1 Å². The Bertz CT molecular complexity index is 440. The molecule has 0 aliphatic carbocycles. The molecule has 0 atom stereocenters. The van der Waals surface area contributed by atoms with Crippen molar-refractivity contribution in [2.24, 2.45) is 0 Å². The minimum Gasteiger partial charge on any atom is -0.478 e. The number of aromatic nitrogens is 1. The molecule has 0 radical (unpaired) electrons. The average Bonchev–Trinajstić information content (AvgIpc) is 2.30. The largest absolute Gasteiger partial charge is 0.478 e. The fraction of sp³-hybridized carbons (Fsp3) is 0.333. The van der Waals surface area contributed by atoms with Gasteiger partial charge in [-0.15, -0.1) is 0 Å². The first kappa shape index (κ1) is 10.7. The number of carbonyl (C=O) groups is 1. The van der Waals surface area contributed by atoms with E-state index in [1.54, 1.807) is 12.3 Å². The van der Waals surface area contributed by atoms with Crippen LogP contribution in [0.1, 0.15) is 12.0 Å². The van der Waals surface area contributed by atoms with Crippen LogP contribution in [0.5, 0.6) is 0 Å². The van der Waals surface area contributed by atoms with Crippen molar-refractivity contribution in [2.75, 3.05) is 18.0 Å². The van der Waals surface area contributed by atoms with Gasteiger partial charge in [0, 0.05) is 24.9 Å². The summed E-state index contributed by atoms with van der Waals surface area (Å²) in [6.07, 6.45) is 4.10. The highest BCUT2D eigenvalue weighted by atomic mass is 16.4. The maximum absolute atomic E-state index is 10.8. The second-order valence-electron chi connectivity index (χ2n) is 3.87. The summed E-state index contributed by atoms with van der Waals surface area (Å²) in [5.41, 5.74) is 1.62. The number of pyridine rings is 1. The van der Waals surface area contributed by atoms with Crippen LogP contribution in [0.4, 0.5) is 5.82 Å². The fourth-order valence-corrected chi connectivity index (χ4v) is 1.86. The minimum atomic E-state index is -0.808. The maximum Gasteiger partial charge on any atom is 0.331 e. The van der Waals surface area contributed by atoms with Gasteiger partial charge in [0.05, 0.1) is 0 Å². The lowest BCUT2D eigenvalue weighted by Crippen LogP contribution is -2.31. The van der Waals surface area contributed by atoms with E-state index < -0.39 is 5.97 Å². The standard InChI is InChI=1S/C12H14N2O2/c1-9-3-2-6-13-11(9)14-7-4-10(5-8-14)12(15)16/h2-4,6H,5,7-8H2,1H3,(H,15,16). The zero-order chi connectivity index (χ0) is 11.5. The summed E-state index contributed by atoms with van der Waals surface area (Å²) in [5, 5.41) is 8.85. The van der Waals surface area contributed by atoms with Crippen molar-refractivity contribution in [2.45, 2.75) is 13.3 Å². The summed E-state index contributed by atoms with van der Waals surface area (Å²) in [4.78, 5) is 17.2. The molecule has 84 valence electrons. The zero-order valence-electron chi connectivity index (χ0n) is 9.18. The molecule has 0 fully saturated rings. The van der Waals surface area contributed by atoms with Gasteiger partial charge >= 0.3 is 5.97 Å². The van der Waals surface area contributed by atoms with Gasteiger partial charge in [0.1, 0.15) is 5.82 Å². The number of carboxylic acid groups (broad SMARTS) is 1. The molecule has 0 unspecified atom stereocenters. The molecule has 0 saturated carbocycles. The first-order valence-electron chi connectivity index (χ1n) is 5.27. The lowest BCUT2D eigenvalue weighted by Gasteiger charge is -2.27. The molecule has 0 saturated heterocycles. The van der Waals surface area contributed by atoms with E-state index in [-0.39, 0.29) is 0 Å². The topological polar surface area (TPSA) is 53.4 Å². The number of hydrogen-bond acceptors (Lipinski definition) is 3. The van der Waals surface area contributed by atoms with Crippen LogP contribution in [-0.4, -0.2) is 29.1 Å². The number of rotatable bonds is 2. The number of carboxylic acids is 1. The van der Waals surface area contributed by atoms with Gasteiger partial charge in [0.25, 0.3) is 0 Å². The number of anilines is 1. The van der Waals surface area contributed by atoms with Gasteiger partial charge in [-0.05, 0) is 25.0 Å².